The predicted molar refractivity (Wildman–Crippen MR) is 52.9 cm³/mol. The Morgan fingerprint density at radius 3 is 2.27 bits per heavy atom. The molecule has 0 saturated carbocycles. The van der Waals surface area contributed by atoms with Gasteiger partial charge in [0.25, 0.3) is 0 Å². The highest BCUT2D eigenvalue weighted by Crippen LogP contribution is 2.06. The average Bonchev–Trinajstić information content (AvgIpc) is 2.03. The van der Waals surface area contributed by atoms with Gasteiger partial charge in [-0.15, -0.1) is 5.70 Å². The summed E-state index contributed by atoms with van der Waals surface area (Å²) in [7, 11) is 3.31. The first-order chi connectivity index (χ1) is 5.41. The van der Waals surface area contributed by atoms with Crippen molar-refractivity contribution in [2.24, 2.45) is 0 Å². The molecule has 0 fully saturated rings. The van der Waals surface area contributed by atoms with E-state index in [9.17, 15) is 0 Å². The van der Waals surface area contributed by atoms with E-state index in [1.807, 2.05) is 5.70 Å². The van der Waals surface area contributed by atoms with Gasteiger partial charge in [-0.05, 0) is 12.8 Å². The molecule has 0 spiro atoms. The second-order valence-electron chi connectivity index (χ2n) is 2.96. The molecule has 0 aliphatic heterocycles. The second kappa shape index (κ2) is 9.96. The summed E-state index contributed by atoms with van der Waals surface area (Å²) < 4.78 is 0. The largest absolute Gasteiger partial charge is 0.106 e. The number of rotatable bonds is 7. The van der Waals surface area contributed by atoms with Crippen molar-refractivity contribution in [3.63, 3.8) is 0 Å². The summed E-state index contributed by atoms with van der Waals surface area (Å²) in [6.07, 6.45) is 11.8. The Hall–Kier alpha value is -0.0431. The number of hydrogen-bond donors (Lipinski definition) is 0. The molecule has 0 aromatic heterocycles. The van der Waals surface area contributed by atoms with Gasteiger partial charge in [-0.3, -0.25) is 0 Å². The van der Waals surface area contributed by atoms with Gasteiger partial charge in [0.2, 0.25) is 0 Å². The Morgan fingerprint density at radius 1 is 1.00 bits per heavy atom. The molecular weight excluding hydrogens is 148 g/mol. The van der Waals surface area contributed by atoms with Crippen LogP contribution in [0.4, 0.5) is 0 Å². The maximum Gasteiger partial charge on any atom is 0.0596 e. The van der Waals surface area contributed by atoms with E-state index in [4.69, 9.17) is 0 Å². The first kappa shape index (κ1) is 11.0. The highest BCUT2D eigenvalue weighted by molar-refractivity contribution is 6.16. The fourth-order valence-corrected chi connectivity index (χ4v) is 1.29. The zero-order valence-corrected chi connectivity index (χ0v) is 8.60. The van der Waals surface area contributed by atoms with Gasteiger partial charge >= 0.3 is 0 Å². The Labute approximate surface area is 74.5 Å². The lowest BCUT2D eigenvalue weighted by molar-refractivity contribution is 0.611. The van der Waals surface area contributed by atoms with Crippen molar-refractivity contribution in [2.75, 3.05) is 0 Å². The Bertz CT molecular complexity index is 86.9. The lowest BCUT2D eigenvalue weighted by Gasteiger charge is -1.96. The van der Waals surface area contributed by atoms with Crippen molar-refractivity contribution in [1.82, 2.24) is 0 Å². The van der Waals surface area contributed by atoms with Gasteiger partial charge < -0.3 is 0 Å². The minimum Gasteiger partial charge on any atom is -0.106 e. The van der Waals surface area contributed by atoms with Crippen molar-refractivity contribution in [1.29, 1.82) is 0 Å². The molecule has 0 N–H and O–H groups in total. The van der Waals surface area contributed by atoms with Gasteiger partial charge in [-0.2, -0.15) is 0 Å². The molecule has 11 heavy (non-hydrogen) atoms. The molecule has 0 amide bonds. The summed E-state index contributed by atoms with van der Waals surface area (Å²) in [4.78, 5) is 0. The minimum atomic E-state index is 1.23. The van der Waals surface area contributed by atoms with Crippen LogP contribution < -0.4 is 0 Å². The zero-order valence-electron chi connectivity index (χ0n) is 7.60. The van der Waals surface area contributed by atoms with E-state index in [0.717, 1.165) is 0 Å². The number of unbranched alkanes of at least 4 members (excludes halogenated alkanes) is 6. The molecule has 0 rings (SSSR count). The summed E-state index contributed by atoms with van der Waals surface area (Å²) in [5, 5.41) is 0. The highest BCUT2D eigenvalue weighted by atomic mass is 28.1. The molecule has 0 aliphatic rings. The molecule has 0 nitrogen and oxygen atoms in total. The fourth-order valence-electron chi connectivity index (χ4n) is 1.13. The second-order valence-corrected chi connectivity index (χ2v) is 3.29. The van der Waals surface area contributed by atoms with Crippen molar-refractivity contribution in [3.05, 3.63) is 11.8 Å². The number of allylic oxidation sites excluding steroid dienone is 1. The van der Waals surface area contributed by atoms with Crippen LogP contribution in [0.5, 0.6) is 0 Å². The van der Waals surface area contributed by atoms with Crippen molar-refractivity contribution >= 4 is 10.2 Å². The third-order valence-corrected chi connectivity index (χ3v) is 2.08. The zero-order chi connectivity index (χ0) is 8.36. The normalized spacial score (nSPS) is 11.1. The lowest BCUT2D eigenvalue weighted by atomic mass is 10.1. The maximum atomic E-state index is 3.31. The van der Waals surface area contributed by atoms with Gasteiger partial charge in [-0.1, -0.05) is 45.1 Å². The van der Waals surface area contributed by atoms with Crippen LogP contribution in [0.2, 0.25) is 0 Å². The molecule has 0 heterocycles. The van der Waals surface area contributed by atoms with Crippen molar-refractivity contribution in [3.8, 4) is 0 Å². The third kappa shape index (κ3) is 9.96. The van der Waals surface area contributed by atoms with E-state index < -0.39 is 0 Å². The SMILES string of the molecule is CCCCCCCCC=C[Si]. The molecule has 3 radical (unpaired) electrons. The first-order valence-corrected chi connectivity index (χ1v) is 5.31. The van der Waals surface area contributed by atoms with E-state index in [1.165, 1.54) is 44.9 Å². The average molecular weight is 167 g/mol. The van der Waals surface area contributed by atoms with Crippen LogP contribution in [0.25, 0.3) is 0 Å². The van der Waals surface area contributed by atoms with E-state index in [-0.39, 0.29) is 0 Å². The molecule has 0 bridgehead atoms. The molecule has 0 aromatic rings. The Kier molecular flexibility index (Phi) is 9.92. The van der Waals surface area contributed by atoms with Crippen LogP contribution >= 0.6 is 0 Å². The van der Waals surface area contributed by atoms with E-state index in [1.54, 1.807) is 0 Å². The Balaban J connectivity index is 2.79. The summed E-state index contributed by atoms with van der Waals surface area (Å²) >= 11 is 0. The van der Waals surface area contributed by atoms with Crippen LogP contribution in [-0.2, 0) is 0 Å². The molecule has 0 saturated heterocycles. The highest BCUT2D eigenvalue weighted by Gasteiger charge is 1.86. The molecule has 0 atom stereocenters. The molecule has 0 unspecified atom stereocenters. The van der Waals surface area contributed by atoms with Crippen LogP contribution in [0, 0.1) is 0 Å². The minimum absolute atomic E-state index is 1.23. The van der Waals surface area contributed by atoms with Gasteiger partial charge in [0.1, 0.15) is 0 Å². The van der Waals surface area contributed by atoms with Gasteiger partial charge in [-0.25, -0.2) is 0 Å². The predicted octanol–water partition coefficient (Wildman–Crippen LogP) is 3.42. The topological polar surface area (TPSA) is 0 Å². The standard InChI is InChI=1S/C10H19Si/c1-2-3-4-5-6-7-8-9-10-11/h9-10H,2-8H2,1H3. The fraction of sp³-hybridized carbons (Fsp3) is 0.800. The quantitative estimate of drug-likeness (QED) is 0.402. The first-order valence-electron chi connectivity index (χ1n) is 4.74. The summed E-state index contributed by atoms with van der Waals surface area (Å²) in [5.74, 6) is 0. The summed E-state index contributed by atoms with van der Waals surface area (Å²) in [6, 6.07) is 0. The van der Waals surface area contributed by atoms with E-state index in [2.05, 4.69) is 23.2 Å². The molecule has 1 heteroatoms. The van der Waals surface area contributed by atoms with Gasteiger partial charge in [0.05, 0.1) is 10.2 Å². The smallest absolute Gasteiger partial charge is 0.0596 e. The molecular formula is C10H19Si. The van der Waals surface area contributed by atoms with Crippen LogP contribution in [0.3, 0.4) is 0 Å². The number of hydrogen-bond acceptors (Lipinski definition) is 0. The van der Waals surface area contributed by atoms with Crippen molar-refractivity contribution < 1.29 is 0 Å². The Morgan fingerprint density at radius 2 is 1.64 bits per heavy atom. The maximum absolute atomic E-state index is 3.31. The van der Waals surface area contributed by atoms with E-state index >= 15 is 0 Å². The molecule has 0 aromatic carbocycles. The van der Waals surface area contributed by atoms with Gasteiger partial charge in [0.15, 0.2) is 0 Å². The van der Waals surface area contributed by atoms with Gasteiger partial charge in [0, 0.05) is 0 Å². The molecule has 63 valence electrons. The van der Waals surface area contributed by atoms with Crippen LogP contribution in [0.1, 0.15) is 51.9 Å². The third-order valence-electron chi connectivity index (χ3n) is 1.84. The van der Waals surface area contributed by atoms with Crippen LogP contribution in [0.15, 0.2) is 11.8 Å². The van der Waals surface area contributed by atoms with E-state index in [0.29, 0.717) is 0 Å². The lowest BCUT2D eigenvalue weighted by Crippen LogP contribution is -1.77. The molecule has 0 aliphatic carbocycles. The van der Waals surface area contributed by atoms with Crippen LogP contribution in [-0.4, -0.2) is 10.2 Å². The monoisotopic (exact) mass is 167 g/mol. The van der Waals surface area contributed by atoms with Crippen molar-refractivity contribution in [2.45, 2.75) is 51.9 Å². The summed E-state index contributed by atoms with van der Waals surface area (Å²) in [6.45, 7) is 2.26. The summed E-state index contributed by atoms with van der Waals surface area (Å²) in [5.41, 5.74) is 1.95.